The zero-order valence-electron chi connectivity index (χ0n) is 22.1. The van der Waals surface area contributed by atoms with Gasteiger partial charge in [0.15, 0.2) is 5.25 Å². The van der Waals surface area contributed by atoms with Crippen molar-refractivity contribution in [2.45, 2.75) is 141 Å². The number of carbonyl (C=O) groups is 2. The van der Waals surface area contributed by atoms with Crippen LogP contribution in [0.5, 0.6) is 0 Å². The molecule has 0 aromatic rings. The predicted octanol–water partition coefficient (Wildman–Crippen LogP) is 5.62. The third-order valence-corrected chi connectivity index (χ3v) is 7.75. The van der Waals surface area contributed by atoms with Crippen LogP contribution in [-0.2, 0) is 29.2 Å². The first kappa shape index (κ1) is 35.0. The van der Waals surface area contributed by atoms with Gasteiger partial charge in [-0.2, -0.15) is 8.42 Å². The zero-order chi connectivity index (χ0) is 24.8. The minimum atomic E-state index is -4.84. The molecule has 33 heavy (non-hydrogen) atoms. The summed E-state index contributed by atoms with van der Waals surface area (Å²) >= 11 is 0. The Morgan fingerprint density at radius 3 is 1.48 bits per heavy atom. The van der Waals surface area contributed by atoms with Gasteiger partial charge in [-0.3, -0.25) is 14.1 Å². The molecule has 9 heteroatoms. The molecule has 0 rings (SSSR count). The minimum Gasteiger partial charge on any atom is -0.459 e. The molecule has 0 aliphatic carbocycles. The van der Waals surface area contributed by atoms with Crippen LogP contribution in [0.15, 0.2) is 0 Å². The van der Waals surface area contributed by atoms with E-state index < -0.39 is 44.9 Å². The van der Waals surface area contributed by atoms with E-state index in [1.54, 1.807) is 0 Å². The number of esters is 2. The van der Waals surface area contributed by atoms with Crippen LogP contribution in [0.1, 0.15) is 125 Å². The van der Waals surface area contributed by atoms with Crippen molar-refractivity contribution in [2.75, 3.05) is 0 Å². The van der Waals surface area contributed by atoms with Gasteiger partial charge >= 0.3 is 11.9 Å². The van der Waals surface area contributed by atoms with Crippen LogP contribution in [0, 0.1) is 0 Å². The quantitative estimate of drug-likeness (QED) is 0.112. The van der Waals surface area contributed by atoms with Gasteiger partial charge in [0.25, 0.3) is 10.1 Å². The van der Waals surface area contributed by atoms with Gasteiger partial charge in [-0.15, -0.1) is 0 Å². The first-order chi connectivity index (χ1) is 15.0. The molecular weight excluding hydrogens is 455 g/mol. The molecule has 0 saturated heterocycles. The van der Waals surface area contributed by atoms with E-state index in [-0.39, 0.29) is 29.6 Å². The van der Waals surface area contributed by atoms with Crippen LogP contribution < -0.4 is 0 Å². The topological polar surface area (TPSA) is 107 Å². The maximum atomic E-state index is 12.8. The van der Waals surface area contributed by atoms with Gasteiger partial charge in [0.1, 0.15) is 11.2 Å². The molecule has 0 saturated carbocycles. The second-order valence-electron chi connectivity index (χ2n) is 8.80. The van der Waals surface area contributed by atoms with Crippen molar-refractivity contribution in [2.24, 2.45) is 0 Å². The molecule has 1 N–H and O–H groups in total. The van der Waals surface area contributed by atoms with E-state index >= 15 is 0 Å². The average molecular weight is 502 g/mol. The molecule has 0 spiro atoms. The van der Waals surface area contributed by atoms with Crippen LogP contribution in [0.3, 0.4) is 0 Å². The predicted molar refractivity (Wildman–Crippen MR) is 133 cm³/mol. The second-order valence-corrected chi connectivity index (χ2v) is 10.4. The largest absolute Gasteiger partial charge is 0.459 e. The molecule has 0 fully saturated rings. The summed E-state index contributed by atoms with van der Waals surface area (Å²) in [6.45, 7) is 11.8. The smallest absolute Gasteiger partial charge is 0.328 e. The van der Waals surface area contributed by atoms with Crippen molar-refractivity contribution in [3.63, 3.8) is 0 Å². The molecule has 0 amide bonds. The fraction of sp³-hybridized carbons (Fsp3) is 0.917. The van der Waals surface area contributed by atoms with Gasteiger partial charge in [0, 0.05) is 29.6 Å². The third kappa shape index (κ3) is 12.4. The summed E-state index contributed by atoms with van der Waals surface area (Å²) in [6, 6.07) is 0. The molecule has 1 radical (unpaired) electrons. The first-order valence-corrected chi connectivity index (χ1v) is 13.9. The van der Waals surface area contributed by atoms with Gasteiger partial charge in [0.05, 0.1) is 6.42 Å². The summed E-state index contributed by atoms with van der Waals surface area (Å²) in [6.07, 6.45) is 8.50. The fourth-order valence-electron chi connectivity index (χ4n) is 4.02. The van der Waals surface area contributed by atoms with Gasteiger partial charge < -0.3 is 9.47 Å². The molecule has 7 nitrogen and oxygen atoms in total. The van der Waals surface area contributed by atoms with E-state index in [1.165, 1.54) is 0 Å². The SMILES string of the molecule is CCCCCC(CC)(CC)OC(=O)CC(C(=O)OC(CC)(CC)CCCCC)S(=O)(=O)O.[Na]. The number of hydrogen-bond donors (Lipinski definition) is 1. The summed E-state index contributed by atoms with van der Waals surface area (Å²) in [7, 11) is -4.84. The van der Waals surface area contributed by atoms with Crippen LogP contribution in [0.2, 0.25) is 0 Å². The van der Waals surface area contributed by atoms with E-state index in [4.69, 9.17) is 9.47 Å². The Labute approximate surface area is 224 Å². The Hall–Kier alpha value is -0.150. The van der Waals surface area contributed by atoms with Gasteiger partial charge in [-0.05, 0) is 51.4 Å². The second kappa shape index (κ2) is 17.3. The minimum absolute atomic E-state index is 0. The van der Waals surface area contributed by atoms with Crippen molar-refractivity contribution in [1.82, 2.24) is 0 Å². The summed E-state index contributed by atoms with van der Waals surface area (Å²) in [4.78, 5) is 25.5. The van der Waals surface area contributed by atoms with Crippen LogP contribution in [0.25, 0.3) is 0 Å². The molecule has 1 atom stereocenters. The van der Waals surface area contributed by atoms with E-state index in [2.05, 4.69) is 13.8 Å². The van der Waals surface area contributed by atoms with Gasteiger partial charge in [0.2, 0.25) is 0 Å². The Balaban J connectivity index is 0. The molecular formula is C24H46NaO7S. The number of unbranched alkanes of at least 4 members (excludes halogenated alkanes) is 4. The van der Waals surface area contributed by atoms with E-state index in [9.17, 15) is 22.6 Å². The van der Waals surface area contributed by atoms with E-state index in [0.717, 1.165) is 38.5 Å². The van der Waals surface area contributed by atoms with Crippen molar-refractivity contribution in [3.8, 4) is 0 Å². The molecule has 0 aromatic carbocycles. The summed E-state index contributed by atoms with van der Waals surface area (Å²) in [5.74, 6) is -1.90. The van der Waals surface area contributed by atoms with Crippen molar-refractivity contribution >= 4 is 51.6 Å². The molecule has 0 aliphatic rings. The maximum Gasteiger partial charge on any atom is 0.328 e. The summed E-state index contributed by atoms with van der Waals surface area (Å²) < 4.78 is 45.0. The van der Waals surface area contributed by atoms with Crippen molar-refractivity contribution < 1.29 is 32.0 Å². The van der Waals surface area contributed by atoms with Gasteiger partial charge in [-0.25, -0.2) is 0 Å². The van der Waals surface area contributed by atoms with Crippen LogP contribution in [-0.4, -0.2) is 70.9 Å². The normalized spacial score (nSPS) is 13.2. The molecule has 0 aliphatic heterocycles. The standard InChI is InChI=1S/C24H46O7S.Na/c1-7-13-15-17-23(9-3,10-4)30-21(25)19-20(32(27,28)29)22(26)31-24(11-5,12-6)18-16-14-8-2;/h20H,7-19H2,1-6H3,(H,27,28,29);. The van der Waals surface area contributed by atoms with Crippen LogP contribution >= 0.6 is 0 Å². The maximum absolute atomic E-state index is 12.8. The van der Waals surface area contributed by atoms with E-state index in [0.29, 0.717) is 38.5 Å². The molecule has 191 valence electrons. The fourth-order valence-corrected chi connectivity index (χ4v) is 4.65. The first-order valence-electron chi connectivity index (χ1n) is 12.4. The molecule has 0 heterocycles. The Morgan fingerprint density at radius 2 is 1.15 bits per heavy atom. The summed E-state index contributed by atoms with van der Waals surface area (Å²) in [5, 5.41) is -1.99. The number of hydrogen-bond acceptors (Lipinski definition) is 6. The summed E-state index contributed by atoms with van der Waals surface area (Å²) in [5.41, 5.74) is -1.51. The number of rotatable bonds is 18. The number of carbonyl (C=O) groups excluding carboxylic acids is 2. The average Bonchev–Trinajstić information content (AvgIpc) is 2.75. The Bertz CT molecular complexity index is 656. The van der Waals surface area contributed by atoms with Crippen molar-refractivity contribution in [3.05, 3.63) is 0 Å². The third-order valence-electron chi connectivity index (χ3n) is 6.67. The number of ether oxygens (including phenoxy) is 2. The van der Waals surface area contributed by atoms with Crippen LogP contribution in [0.4, 0.5) is 0 Å². The van der Waals surface area contributed by atoms with E-state index in [1.807, 2.05) is 27.7 Å². The zero-order valence-corrected chi connectivity index (χ0v) is 24.9. The molecule has 0 bridgehead atoms. The monoisotopic (exact) mass is 501 g/mol. The molecule has 0 aromatic heterocycles. The molecule has 1 unspecified atom stereocenters. The Morgan fingerprint density at radius 1 is 0.758 bits per heavy atom. The van der Waals surface area contributed by atoms with Gasteiger partial charge in [-0.1, -0.05) is 67.2 Å². The van der Waals surface area contributed by atoms with Crippen molar-refractivity contribution in [1.29, 1.82) is 0 Å². The Kier molecular flexibility index (Phi) is 18.4.